The van der Waals surface area contributed by atoms with E-state index in [1.165, 1.54) is 4.80 Å². The summed E-state index contributed by atoms with van der Waals surface area (Å²) < 4.78 is 0. The standard InChI is InChI=1S/C7H5N4O/c12-7-8-10-11(9-7)6-4-2-1-3-5-6/h1-5H. The molecule has 0 spiro atoms. The van der Waals surface area contributed by atoms with Crippen LogP contribution in [0.3, 0.4) is 0 Å². The van der Waals surface area contributed by atoms with Gasteiger partial charge in [-0.3, -0.25) is 0 Å². The van der Waals surface area contributed by atoms with Gasteiger partial charge in [0.2, 0.25) is 0 Å². The minimum Gasteiger partial charge on any atom is -0.240 e. The number of tetrazole rings is 1. The summed E-state index contributed by atoms with van der Waals surface area (Å²) in [6.45, 7) is 0. The molecule has 0 amide bonds. The lowest BCUT2D eigenvalue weighted by atomic mass is 10.3. The Morgan fingerprint density at radius 2 is 1.92 bits per heavy atom. The molecule has 0 fully saturated rings. The van der Waals surface area contributed by atoms with Gasteiger partial charge in [0.05, 0.1) is 5.69 Å². The Labute approximate surface area is 68.3 Å². The molecule has 1 aromatic carbocycles. The van der Waals surface area contributed by atoms with E-state index in [1.807, 2.05) is 18.2 Å². The molecule has 0 saturated heterocycles. The Hall–Kier alpha value is -1.91. The SMILES string of the molecule is [O]c1nnn(-c2ccccc2)n1. The number of nitrogens with zero attached hydrogens (tertiary/aromatic N) is 4. The van der Waals surface area contributed by atoms with Crippen molar-refractivity contribution in [3.63, 3.8) is 0 Å². The van der Waals surface area contributed by atoms with Crippen molar-refractivity contribution in [2.24, 2.45) is 0 Å². The maximum Gasteiger partial charge on any atom is 0.405 e. The van der Waals surface area contributed by atoms with Gasteiger partial charge in [0.25, 0.3) is 0 Å². The minimum atomic E-state index is -0.571. The largest absolute Gasteiger partial charge is 0.405 e. The van der Waals surface area contributed by atoms with Crippen LogP contribution in [-0.2, 0) is 5.11 Å². The van der Waals surface area contributed by atoms with Crippen molar-refractivity contribution in [3.05, 3.63) is 30.3 Å². The molecule has 12 heavy (non-hydrogen) atoms. The fourth-order valence-corrected chi connectivity index (χ4v) is 0.872. The van der Waals surface area contributed by atoms with Gasteiger partial charge in [-0.15, -0.1) is 4.80 Å². The predicted octanol–water partition coefficient (Wildman–Crippen LogP) is 0.806. The Kier molecular flexibility index (Phi) is 1.48. The minimum absolute atomic E-state index is 0.571. The van der Waals surface area contributed by atoms with Gasteiger partial charge in [-0.1, -0.05) is 28.4 Å². The molecule has 2 rings (SSSR count). The molecular formula is C7H5N4O. The number of rotatable bonds is 1. The molecule has 1 radical (unpaired) electrons. The summed E-state index contributed by atoms with van der Waals surface area (Å²) in [6, 6.07) is 8.56. The Balaban J connectivity index is 2.45. The summed E-state index contributed by atoms with van der Waals surface area (Å²) in [5.74, 6) is 0. The van der Waals surface area contributed by atoms with Crippen LogP contribution in [0.25, 0.3) is 5.69 Å². The van der Waals surface area contributed by atoms with Crippen LogP contribution in [0.15, 0.2) is 30.3 Å². The lowest BCUT2D eigenvalue weighted by Gasteiger charge is -1.93. The van der Waals surface area contributed by atoms with Crippen LogP contribution in [0, 0.1) is 0 Å². The monoisotopic (exact) mass is 161 g/mol. The molecule has 0 N–H and O–H groups in total. The van der Waals surface area contributed by atoms with Crippen molar-refractivity contribution in [2.45, 2.75) is 0 Å². The summed E-state index contributed by atoms with van der Waals surface area (Å²) in [6.07, 6.45) is 0. The van der Waals surface area contributed by atoms with E-state index in [9.17, 15) is 5.11 Å². The van der Waals surface area contributed by atoms with Crippen LogP contribution in [0.4, 0.5) is 0 Å². The van der Waals surface area contributed by atoms with Crippen LogP contribution >= 0.6 is 0 Å². The van der Waals surface area contributed by atoms with Gasteiger partial charge in [0.1, 0.15) is 0 Å². The zero-order valence-electron chi connectivity index (χ0n) is 6.08. The van der Waals surface area contributed by atoms with Gasteiger partial charge in [-0.2, -0.15) is 0 Å². The van der Waals surface area contributed by atoms with Crippen molar-refractivity contribution in [1.29, 1.82) is 0 Å². The number of benzene rings is 1. The number of hydrogen-bond donors (Lipinski definition) is 0. The third-order valence-electron chi connectivity index (χ3n) is 1.38. The quantitative estimate of drug-likeness (QED) is 0.621. The number of aromatic nitrogens is 4. The van der Waals surface area contributed by atoms with Crippen LogP contribution in [0.2, 0.25) is 0 Å². The molecule has 59 valence electrons. The summed E-state index contributed by atoms with van der Waals surface area (Å²) in [5, 5.41) is 20.8. The molecule has 0 unspecified atom stereocenters. The first kappa shape index (κ1) is 6.78. The van der Waals surface area contributed by atoms with Gasteiger partial charge in [0, 0.05) is 0 Å². The van der Waals surface area contributed by atoms with Crippen LogP contribution < -0.4 is 0 Å². The zero-order valence-corrected chi connectivity index (χ0v) is 6.08. The molecule has 0 aliphatic rings. The van der Waals surface area contributed by atoms with Gasteiger partial charge in [0.15, 0.2) is 0 Å². The highest BCUT2D eigenvalue weighted by Crippen LogP contribution is 2.04. The molecular weight excluding hydrogens is 156 g/mol. The van der Waals surface area contributed by atoms with Crippen LogP contribution in [0.1, 0.15) is 0 Å². The van der Waals surface area contributed by atoms with E-state index in [0.717, 1.165) is 5.69 Å². The van der Waals surface area contributed by atoms with Gasteiger partial charge < -0.3 is 0 Å². The smallest absolute Gasteiger partial charge is 0.240 e. The van der Waals surface area contributed by atoms with Crippen LogP contribution in [-0.4, -0.2) is 20.2 Å². The lowest BCUT2D eigenvalue weighted by molar-refractivity contribution is 0.318. The van der Waals surface area contributed by atoms with E-state index < -0.39 is 6.01 Å². The maximum absolute atomic E-state index is 10.6. The average Bonchev–Trinajstić information content (AvgIpc) is 2.54. The number of hydrogen-bond acceptors (Lipinski definition) is 3. The molecule has 1 aromatic heterocycles. The summed E-state index contributed by atoms with van der Waals surface area (Å²) >= 11 is 0. The highest BCUT2D eigenvalue weighted by atomic mass is 16.3. The van der Waals surface area contributed by atoms with Crippen molar-refractivity contribution in [1.82, 2.24) is 20.2 Å². The van der Waals surface area contributed by atoms with E-state index in [-0.39, 0.29) is 0 Å². The van der Waals surface area contributed by atoms with E-state index in [2.05, 4.69) is 15.4 Å². The Morgan fingerprint density at radius 1 is 1.17 bits per heavy atom. The predicted molar refractivity (Wildman–Crippen MR) is 39.3 cm³/mol. The molecule has 2 aromatic rings. The van der Waals surface area contributed by atoms with Crippen molar-refractivity contribution < 1.29 is 5.11 Å². The Morgan fingerprint density at radius 3 is 2.50 bits per heavy atom. The molecule has 0 bridgehead atoms. The fraction of sp³-hybridized carbons (Fsp3) is 0. The Bertz CT molecular complexity index is 370. The van der Waals surface area contributed by atoms with Gasteiger partial charge >= 0.3 is 6.01 Å². The third kappa shape index (κ3) is 1.12. The third-order valence-corrected chi connectivity index (χ3v) is 1.38. The van der Waals surface area contributed by atoms with E-state index in [0.29, 0.717) is 0 Å². The van der Waals surface area contributed by atoms with Gasteiger partial charge in [-0.25, -0.2) is 5.11 Å². The zero-order chi connectivity index (χ0) is 8.39. The summed E-state index contributed by atoms with van der Waals surface area (Å²) in [4.78, 5) is 1.20. The molecule has 0 saturated carbocycles. The fourth-order valence-electron chi connectivity index (χ4n) is 0.872. The molecule has 5 heteroatoms. The van der Waals surface area contributed by atoms with Crippen molar-refractivity contribution in [2.75, 3.05) is 0 Å². The molecule has 0 atom stereocenters. The average molecular weight is 161 g/mol. The first-order valence-electron chi connectivity index (χ1n) is 3.39. The second-order valence-electron chi connectivity index (χ2n) is 2.20. The first-order chi connectivity index (χ1) is 5.86. The van der Waals surface area contributed by atoms with Crippen LogP contribution in [0.5, 0.6) is 6.01 Å². The van der Waals surface area contributed by atoms with E-state index >= 15 is 0 Å². The molecule has 0 aliphatic heterocycles. The van der Waals surface area contributed by atoms with Gasteiger partial charge in [-0.05, 0) is 17.3 Å². The maximum atomic E-state index is 10.6. The molecule has 5 nitrogen and oxygen atoms in total. The normalized spacial score (nSPS) is 10.0. The summed E-state index contributed by atoms with van der Waals surface area (Å²) in [7, 11) is 0. The highest BCUT2D eigenvalue weighted by molar-refractivity contribution is 5.27. The number of para-hydroxylation sites is 1. The summed E-state index contributed by atoms with van der Waals surface area (Å²) in [5.41, 5.74) is 0.729. The topological polar surface area (TPSA) is 63.5 Å². The van der Waals surface area contributed by atoms with Crippen molar-refractivity contribution in [3.8, 4) is 11.7 Å². The first-order valence-corrected chi connectivity index (χ1v) is 3.39. The second-order valence-corrected chi connectivity index (χ2v) is 2.20. The van der Waals surface area contributed by atoms with E-state index in [4.69, 9.17) is 0 Å². The molecule has 0 aliphatic carbocycles. The molecule has 1 heterocycles. The van der Waals surface area contributed by atoms with E-state index in [1.54, 1.807) is 12.1 Å². The lowest BCUT2D eigenvalue weighted by Crippen LogP contribution is -1.97. The van der Waals surface area contributed by atoms with Crippen molar-refractivity contribution >= 4 is 0 Å². The second kappa shape index (κ2) is 2.61. The highest BCUT2D eigenvalue weighted by Gasteiger charge is 2.01.